The van der Waals surface area contributed by atoms with Crippen molar-refractivity contribution in [2.24, 2.45) is 5.73 Å². The Kier molecular flexibility index (Phi) is 6.13. The highest BCUT2D eigenvalue weighted by Gasteiger charge is 2.45. The van der Waals surface area contributed by atoms with Crippen LogP contribution < -0.4 is 21.7 Å². The standard InChI is InChI=1S/C29H34N4O2/c1-16(26-20(12-14-30)18-8-4-6-10-22(18)32-26)24-28(34)25(29(24)35)17(2)27-21(13-15-31)19-9-5-7-11-23(19)33(27)3/h4-11,20-21,26,32,34H,12-15,30-31H2,1-3H3/p+2/b24-16+,27-17-. The lowest BCUT2D eigenvalue weighted by Gasteiger charge is -2.29. The van der Waals surface area contributed by atoms with Crippen LogP contribution >= 0.6 is 0 Å². The third-order valence-electron chi connectivity index (χ3n) is 8.10. The predicted molar refractivity (Wildman–Crippen MR) is 138 cm³/mol. The molecule has 2 aromatic carbocycles. The quantitative estimate of drug-likeness (QED) is 0.382. The Bertz CT molecular complexity index is 1290. The van der Waals surface area contributed by atoms with E-state index in [1.54, 1.807) is 0 Å². The molecule has 0 saturated carbocycles. The fraction of sp³-hybridized carbons (Fsp3) is 0.345. The van der Waals surface area contributed by atoms with Gasteiger partial charge in [0.05, 0.1) is 23.6 Å². The molecule has 0 radical (unpaired) electrons. The molecule has 3 aliphatic rings. The Morgan fingerprint density at radius 3 is 2.46 bits per heavy atom. The second-order valence-electron chi connectivity index (χ2n) is 9.94. The van der Waals surface area contributed by atoms with Crippen molar-refractivity contribution >= 4 is 17.2 Å². The van der Waals surface area contributed by atoms with Crippen molar-refractivity contribution in [1.82, 2.24) is 0 Å². The van der Waals surface area contributed by atoms with Crippen molar-refractivity contribution in [2.45, 2.75) is 44.6 Å². The zero-order valence-corrected chi connectivity index (χ0v) is 20.8. The number of nitrogens with two attached hydrogens (primary N) is 2. The van der Waals surface area contributed by atoms with E-state index in [-0.39, 0.29) is 29.4 Å². The summed E-state index contributed by atoms with van der Waals surface area (Å²) in [5.41, 5.74) is 18.7. The minimum Gasteiger partial charge on any atom is -0.506 e. The Morgan fingerprint density at radius 1 is 1.09 bits per heavy atom. The number of ketones is 1. The van der Waals surface area contributed by atoms with E-state index in [4.69, 9.17) is 5.73 Å². The number of hydrogen-bond donors (Lipinski definition) is 4. The van der Waals surface area contributed by atoms with Gasteiger partial charge in [0.1, 0.15) is 17.5 Å². The number of para-hydroxylation sites is 2. The van der Waals surface area contributed by atoms with Crippen LogP contribution in [0.2, 0.25) is 0 Å². The molecule has 0 saturated heterocycles. The lowest BCUT2D eigenvalue weighted by molar-refractivity contribution is -0.595. The predicted octanol–water partition coefficient (Wildman–Crippen LogP) is 2.55. The number of anilines is 1. The smallest absolute Gasteiger partial charge is 0.201 e. The van der Waals surface area contributed by atoms with Crippen molar-refractivity contribution in [2.75, 3.05) is 25.0 Å². The molecule has 6 heteroatoms. The van der Waals surface area contributed by atoms with Crippen molar-refractivity contribution < 1.29 is 21.0 Å². The molecule has 3 unspecified atom stereocenters. The molecule has 35 heavy (non-hydrogen) atoms. The van der Waals surface area contributed by atoms with Crippen LogP contribution in [-0.4, -0.2) is 37.1 Å². The second-order valence-corrected chi connectivity index (χ2v) is 9.94. The zero-order chi connectivity index (χ0) is 24.9. The number of carbonyl (C=O) groups is 1. The molecule has 3 atom stereocenters. The van der Waals surface area contributed by atoms with E-state index in [0.29, 0.717) is 17.7 Å². The van der Waals surface area contributed by atoms with E-state index in [1.165, 1.54) is 16.8 Å². The van der Waals surface area contributed by atoms with Crippen LogP contribution in [0.1, 0.15) is 49.7 Å². The SMILES string of the molecule is C/C(C1=C(O)/C(=C(/C)C2[NH2+]c3ccccc3C2CC[NH3+])C1=O)=C1\C(CCN)c2ccccc2N1C. The Balaban J connectivity index is 1.55. The van der Waals surface area contributed by atoms with Crippen LogP contribution in [0.4, 0.5) is 11.4 Å². The summed E-state index contributed by atoms with van der Waals surface area (Å²) in [5, 5.41) is 13.5. The monoisotopic (exact) mass is 472 g/mol. The summed E-state index contributed by atoms with van der Waals surface area (Å²) in [6.07, 6.45) is 1.74. The summed E-state index contributed by atoms with van der Waals surface area (Å²) in [4.78, 5) is 15.7. The van der Waals surface area contributed by atoms with Gasteiger partial charge in [-0.05, 0) is 55.7 Å². The van der Waals surface area contributed by atoms with E-state index in [9.17, 15) is 9.90 Å². The van der Waals surface area contributed by atoms with Crippen LogP contribution in [0.5, 0.6) is 0 Å². The van der Waals surface area contributed by atoms with Gasteiger partial charge in [-0.1, -0.05) is 36.4 Å². The lowest BCUT2D eigenvalue weighted by Crippen LogP contribution is -2.83. The Hall–Kier alpha value is -3.19. The number of fused-ring (bicyclic) bond motifs is 2. The summed E-state index contributed by atoms with van der Waals surface area (Å²) >= 11 is 0. The molecule has 0 spiro atoms. The van der Waals surface area contributed by atoms with Crippen LogP contribution in [-0.2, 0) is 4.79 Å². The number of rotatable bonds is 6. The maximum absolute atomic E-state index is 13.6. The number of aliphatic hydroxyl groups excluding tert-OH is 1. The van der Waals surface area contributed by atoms with Gasteiger partial charge >= 0.3 is 0 Å². The summed E-state index contributed by atoms with van der Waals surface area (Å²) in [6.45, 7) is 5.34. The minimum absolute atomic E-state index is 0.0569. The minimum atomic E-state index is -0.0569. The van der Waals surface area contributed by atoms with E-state index >= 15 is 0 Å². The van der Waals surface area contributed by atoms with Gasteiger partial charge in [0.2, 0.25) is 5.78 Å². The lowest BCUT2D eigenvalue weighted by atomic mass is 9.76. The summed E-state index contributed by atoms with van der Waals surface area (Å²) < 4.78 is 0. The zero-order valence-electron chi connectivity index (χ0n) is 20.8. The number of nitrogens with zero attached hydrogens (tertiary/aromatic N) is 1. The van der Waals surface area contributed by atoms with Crippen LogP contribution in [0.15, 0.2) is 82.3 Å². The van der Waals surface area contributed by atoms with E-state index in [2.05, 4.69) is 52.3 Å². The first-order valence-electron chi connectivity index (χ1n) is 12.6. The summed E-state index contributed by atoms with van der Waals surface area (Å²) in [5.74, 6) is 0.469. The molecule has 6 nitrogen and oxygen atoms in total. The van der Waals surface area contributed by atoms with Gasteiger partial charge < -0.3 is 26.8 Å². The molecule has 5 rings (SSSR count). The molecule has 0 aromatic heterocycles. The number of hydrogen-bond acceptors (Lipinski definition) is 4. The highest BCUT2D eigenvalue weighted by Crippen LogP contribution is 2.49. The van der Waals surface area contributed by atoms with Crippen molar-refractivity contribution in [3.8, 4) is 0 Å². The van der Waals surface area contributed by atoms with Gasteiger partial charge in [-0.15, -0.1) is 0 Å². The van der Waals surface area contributed by atoms with Crippen LogP contribution in [0.25, 0.3) is 0 Å². The average molecular weight is 473 g/mol. The molecular formula is C29H36N4O2+2. The molecule has 1 aliphatic carbocycles. The molecule has 2 aliphatic heterocycles. The molecule has 2 aromatic rings. The molecule has 0 amide bonds. The normalized spacial score (nSPS) is 26.0. The van der Waals surface area contributed by atoms with Crippen LogP contribution in [0.3, 0.4) is 0 Å². The van der Waals surface area contributed by atoms with Gasteiger partial charge in [-0.2, -0.15) is 0 Å². The number of quaternary nitrogens is 2. The number of Topliss-reactive ketones (excluding diaryl/α,β-unsaturated/α-hetero) is 1. The first-order chi connectivity index (χ1) is 16.9. The number of likely N-dealkylation sites (N-methyl/N-ethyl adjacent to an activating group) is 1. The third kappa shape index (κ3) is 3.56. The number of allylic oxidation sites excluding steroid dienone is 4. The number of carbonyl (C=O) groups excluding carboxylic acids is 1. The van der Waals surface area contributed by atoms with E-state index in [0.717, 1.165) is 41.9 Å². The maximum Gasteiger partial charge on any atom is 0.201 e. The van der Waals surface area contributed by atoms with Crippen molar-refractivity contribution in [1.29, 1.82) is 0 Å². The van der Waals surface area contributed by atoms with Crippen molar-refractivity contribution in [3.05, 3.63) is 93.4 Å². The maximum atomic E-state index is 13.6. The topological polar surface area (TPSA) is 111 Å². The van der Waals surface area contributed by atoms with Gasteiger partial charge in [0.25, 0.3) is 0 Å². The number of benzene rings is 2. The Labute approximate surface area is 207 Å². The first kappa shape index (κ1) is 23.5. The van der Waals surface area contributed by atoms with Gasteiger partial charge in [0.15, 0.2) is 0 Å². The van der Waals surface area contributed by atoms with Crippen LogP contribution in [0, 0.1) is 0 Å². The van der Waals surface area contributed by atoms with E-state index < -0.39 is 0 Å². The molecule has 2 heterocycles. The first-order valence-corrected chi connectivity index (χ1v) is 12.6. The van der Waals surface area contributed by atoms with Gasteiger partial charge in [0, 0.05) is 36.3 Å². The molecule has 182 valence electrons. The largest absolute Gasteiger partial charge is 0.506 e. The highest BCUT2D eigenvalue weighted by molar-refractivity contribution is 6.22. The summed E-state index contributed by atoms with van der Waals surface area (Å²) in [6, 6.07) is 16.8. The van der Waals surface area contributed by atoms with Gasteiger partial charge in [-0.3, -0.25) is 4.79 Å². The highest BCUT2D eigenvalue weighted by atomic mass is 16.3. The Morgan fingerprint density at radius 2 is 1.77 bits per heavy atom. The van der Waals surface area contributed by atoms with Crippen molar-refractivity contribution in [3.63, 3.8) is 0 Å². The average Bonchev–Trinajstić information content (AvgIpc) is 3.35. The van der Waals surface area contributed by atoms with E-state index in [1.807, 2.05) is 33.0 Å². The fourth-order valence-electron chi connectivity index (χ4n) is 6.47. The summed E-state index contributed by atoms with van der Waals surface area (Å²) in [7, 11) is 2.03. The second kappa shape index (κ2) is 9.11. The molecule has 0 bridgehead atoms. The third-order valence-corrected chi connectivity index (χ3v) is 8.10. The molecule has 8 N–H and O–H groups in total. The van der Waals surface area contributed by atoms with Gasteiger partial charge in [-0.25, -0.2) is 0 Å². The number of aliphatic hydroxyl groups is 1. The fourth-order valence-corrected chi connectivity index (χ4v) is 6.47. The molecular weight excluding hydrogens is 436 g/mol. The molecule has 0 fully saturated rings.